The molecule has 112 valence electrons. The van der Waals surface area contributed by atoms with Gasteiger partial charge in [-0.05, 0) is 62.1 Å². The Morgan fingerprint density at radius 1 is 1.10 bits per heavy atom. The van der Waals surface area contributed by atoms with Crippen molar-refractivity contribution in [2.45, 2.75) is 56.9 Å². The Bertz CT molecular complexity index is 379. The molecule has 0 radical (unpaired) electrons. The first kappa shape index (κ1) is 15.9. The molecule has 0 aliphatic heterocycles. The molecule has 1 aromatic carbocycles. The SMILES string of the molecule is CCC1CCC(CNC(C)c2ccc(SC)cc2)CC1. The van der Waals surface area contributed by atoms with Gasteiger partial charge < -0.3 is 5.32 Å². The number of nitrogens with one attached hydrogen (secondary N) is 1. The van der Waals surface area contributed by atoms with Gasteiger partial charge in [-0.3, -0.25) is 0 Å². The largest absolute Gasteiger partial charge is 0.310 e. The lowest BCUT2D eigenvalue weighted by molar-refractivity contribution is 0.258. The second kappa shape index (κ2) is 8.09. The molecule has 1 fully saturated rings. The molecule has 20 heavy (non-hydrogen) atoms. The Balaban J connectivity index is 1.75. The van der Waals surface area contributed by atoms with E-state index in [1.54, 1.807) is 0 Å². The second-order valence-corrected chi connectivity index (χ2v) is 7.08. The van der Waals surface area contributed by atoms with Crippen molar-refractivity contribution in [1.82, 2.24) is 5.32 Å². The Morgan fingerprint density at radius 3 is 2.25 bits per heavy atom. The maximum Gasteiger partial charge on any atom is 0.0291 e. The van der Waals surface area contributed by atoms with Crippen molar-refractivity contribution < 1.29 is 0 Å². The maximum absolute atomic E-state index is 3.73. The number of rotatable bonds is 6. The van der Waals surface area contributed by atoms with E-state index in [9.17, 15) is 0 Å². The highest BCUT2D eigenvalue weighted by molar-refractivity contribution is 7.98. The first-order valence-electron chi connectivity index (χ1n) is 8.10. The highest BCUT2D eigenvalue weighted by Gasteiger charge is 2.20. The van der Waals surface area contributed by atoms with Crippen molar-refractivity contribution in [3.8, 4) is 0 Å². The first-order chi connectivity index (χ1) is 9.72. The third kappa shape index (κ3) is 4.53. The molecule has 1 aromatic rings. The summed E-state index contributed by atoms with van der Waals surface area (Å²) in [4.78, 5) is 1.35. The minimum Gasteiger partial charge on any atom is -0.310 e. The molecule has 1 saturated carbocycles. The van der Waals surface area contributed by atoms with E-state index in [1.807, 2.05) is 11.8 Å². The van der Waals surface area contributed by atoms with Crippen LogP contribution in [0.2, 0.25) is 0 Å². The summed E-state index contributed by atoms with van der Waals surface area (Å²) in [5.41, 5.74) is 1.41. The van der Waals surface area contributed by atoms with Gasteiger partial charge in [-0.15, -0.1) is 11.8 Å². The summed E-state index contributed by atoms with van der Waals surface area (Å²) >= 11 is 1.81. The fourth-order valence-corrected chi connectivity index (χ4v) is 3.61. The van der Waals surface area contributed by atoms with Gasteiger partial charge in [0.1, 0.15) is 0 Å². The first-order valence-corrected chi connectivity index (χ1v) is 9.32. The molecule has 1 aliphatic carbocycles. The van der Waals surface area contributed by atoms with Crippen molar-refractivity contribution in [2.24, 2.45) is 11.8 Å². The molecule has 0 bridgehead atoms. The Kier molecular flexibility index (Phi) is 6.44. The average molecular weight is 292 g/mol. The lowest BCUT2D eigenvalue weighted by Crippen LogP contribution is -2.28. The molecular formula is C18H29NS. The van der Waals surface area contributed by atoms with Gasteiger partial charge in [0.25, 0.3) is 0 Å². The van der Waals surface area contributed by atoms with Crippen LogP contribution in [0.3, 0.4) is 0 Å². The van der Waals surface area contributed by atoms with E-state index in [0.717, 1.165) is 11.8 Å². The van der Waals surface area contributed by atoms with E-state index in [-0.39, 0.29) is 0 Å². The molecule has 1 N–H and O–H groups in total. The van der Waals surface area contributed by atoms with Crippen LogP contribution in [0.25, 0.3) is 0 Å². The van der Waals surface area contributed by atoms with E-state index in [1.165, 1.54) is 49.1 Å². The quantitative estimate of drug-likeness (QED) is 0.716. The van der Waals surface area contributed by atoms with Crippen molar-refractivity contribution in [3.05, 3.63) is 29.8 Å². The molecule has 0 amide bonds. The molecule has 0 heterocycles. The Labute approximate surface area is 128 Å². The number of benzene rings is 1. The summed E-state index contributed by atoms with van der Waals surface area (Å²) in [6.07, 6.45) is 9.23. The molecule has 2 heteroatoms. The second-order valence-electron chi connectivity index (χ2n) is 6.20. The van der Waals surface area contributed by atoms with Gasteiger partial charge in [0.05, 0.1) is 0 Å². The van der Waals surface area contributed by atoms with Crippen molar-refractivity contribution >= 4 is 11.8 Å². The predicted molar refractivity (Wildman–Crippen MR) is 90.4 cm³/mol. The van der Waals surface area contributed by atoms with Crippen molar-refractivity contribution in [3.63, 3.8) is 0 Å². The van der Waals surface area contributed by atoms with Crippen molar-refractivity contribution in [2.75, 3.05) is 12.8 Å². The lowest BCUT2D eigenvalue weighted by Gasteiger charge is -2.29. The Morgan fingerprint density at radius 2 is 1.70 bits per heavy atom. The zero-order valence-electron chi connectivity index (χ0n) is 13.2. The van der Waals surface area contributed by atoms with E-state index in [2.05, 4.69) is 49.7 Å². The molecule has 0 saturated heterocycles. The van der Waals surface area contributed by atoms with Crippen LogP contribution in [0, 0.1) is 11.8 Å². The third-order valence-electron chi connectivity index (χ3n) is 4.87. The van der Waals surface area contributed by atoms with E-state index in [4.69, 9.17) is 0 Å². The van der Waals surface area contributed by atoms with Crippen molar-refractivity contribution in [1.29, 1.82) is 0 Å². The molecule has 1 unspecified atom stereocenters. The number of hydrogen-bond acceptors (Lipinski definition) is 2. The third-order valence-corrected chi connectivity index (χ3v) is 5.62. The minimum absolute atomic E-state index is 0.467. The zero-order valence-corrected chi connectivity index (χ0v) is 14.0. The van der Waals surface area contributed by atoms with Crippen LogP contribution in [0.5, 0.6) is 0 Å². The monoisotopic (exact) mass is 291 g/mol. The van der Waals surface area contributed by atoms with Gasteiger partial charge in [0.2, 0.25) is 0 Å². The van der Waals surface area contributed by atoms with E-state index >= 15 is 0 Å². The van der Waals surface area contributed by atoms with Crippen LogP contribution >= 0.6 is 11.8 Å². The molecule has 1 nitrogen and oxygen atoms in total. The standard InChI is InChI=1S/C18H29NS/c1-4-15-5-7-16(8-6-15)13-19-14(2)17-9-11-18(20-3)12-10-17/h9-12,14-16,19H,4-8,13H2,1-3H3. The van der Waals surface area contributed by atoms with Crippen LogP contribution in [-0.2, 0) is 0 Å². The predicted octanol–water partition coefficient (Wildman–Crippen LogP) is 5.28. The van der Waals surface area contributed by atoms with Crippen LogP contribution in [0.4, 0.5) is 0 Å². The number of hydrogen-bond donors (Lipinski definition) is 1. The molecule has 2 rings (SSSR count). The minimum atomic E-state index is 0.467. The van der Waals surface area contributed by atoms with E-state index < -0.39 is 0 Å². The van der Waals surface area contributed by atoms with Crippen LogP contribution in [0.1, 0.15) is 57.6 Å². The van der Waals surface area contributed by atoms with Gasteiger partial charge in [0, 0.05) is 10.9 Å². The van der Waals surface area contributed by atoms with Gasteiger partial charge in [0.15, 0.2) is 0 Å². The normalized spacial score (nSPS) is 24.6. The number of thioether (sulfide) groups is 1. The average Bonchev–Trinajstić information content (AvgIpc) is 2.53. The fourth-order valence-electron chi connectivity index (χ4n) is 3.20. The van der Waals surface area contributed by atoms with Gasteiger partial charge in [-0.25, -0.2) is 0 Å². The Hall–Kier alpha value is -0.470. The van der Waals surface area contributed by atoms with Gasteiger partial charge in [-0.1, -0.05) is 38.3 Å². The van der Waals surface area contributed by atoms with Gasteiger partial charge in [-0.2, -0.15) is 0 Å². The summed E-state index contributed by atoms with van der Waals surface area (Å²) in [5.74, 6) is 1.90. The summed E-state index contributed by atoms with van der Waals surface area (Å²) in [7, 11) is 0. The molecule has 1 aliphatic rings. The van der Waals surface area contributed by atoms with Gasteiger partial charge >= 0.3 is 0 Å². The van der Waals surface area contributed by atoms with Crippen LogP contribution in [-0.4, -0.2) is 12.8 Å². The van der Waals surface area contributed by atoms with Crippen LogP contribution in [0.15, 0.2) is 29.2 Å². The lowest BCUT2D eigenvalue weighted by atomic mass is 9.81. The zero-order chi connectivity index (χ0) is 14.4. The summed E-state index contributed by atoms with van der Waals surface area (Å²) < 4.78 is 0. The highest BCUT2D eigenvalue weighted by Crippen LogP contribution is 2.30. The smallest absolute Gasteiger partial charge is 0.0291 e. The summed E-state index contributed by atoms with van der Waals surface area (Å²) in [5, 5.41) is 3.73. The maximum atomic E-state index is 3.73. The molecule has 1 atom stereocenters. The highest BCUT2D eigenvalue weighted by atomic mass is 32.2. The topological polar surface area (TPSA) is 12.0 Å². The van der Waals surface area contributed by atoms with E-state index in [0.29, 0.717) is 6.04 Å². The van der Waals surface area contributed by atoms with Crippen LogP contribution < -0.4 is 5.32 Å². The fraction of sp³-hybridized carbons (Fsp3) is 0.667. The molecule has 0 aromatic heterocycles. The molecule has 0 spiro atoms. The summed E-state index contributed by atoms with van der Waals surface area (Å²) in [6, 6.07) is 9.44. The molecular weight excluding hydrogens is 262 g/mol. The summed E-state index contributed by atoms with van der Waals surface area (Å²) in [6.45, 7) is 5.80.